The second-order valence-corrected chi connectivity index (χ2v) is 5.59. The Morgan fingerprint density at radius 1 is 1.53 bits per heavy atom. The lowest BCUT2D eigenvalue weighted by molar-refractivity contribution is 0.482. The van der Waals surface area contributed by atoms with Gasteiger partial charge in [0, 0.05) is 11.0 Å². The van der Waals surface area contributed by atoms with E-state index in [1.165, 1.54) is 11.9 Å². The zero-order valence-electron chi connectivity index (χ0n) is 9.91. The maximum absolute atomic E-state index is 4.65. The highest BCUT2D eigenvalue weighted by Gasteiger charge is 2.18. The number of aryl methyl sites for hydroxylation is 1. The quantitative estimate of drug-likeness (QED) is 0.923. The number of aromatic nitrogens is 2. The fourth-order valence-corrected chi connectivity index (χ4v) is 3.03. The van der Waals surface area contributed by atoms with Gasteiger partial charge in [0.25, 0.3) is 0 Å². The summed E-state index contributed by atoms with van der Waals surface area (Å²) in [6.45, 7) is 5.45. The van der Waals surface area contributed by atoms with Crippen molar-refractivity contribution >= 4 is 27.0 Å². The van der Waals surface area contributed by atoms with Crippen LogP contribution in [-0.4, -0.2) is 22.6 Å². The van der Waals surface area contributed by atoms with Gasteiger partial charge in [0.1, 0.15) is 11.3 Å². The van der Waals surface area contributed by atoms with Crippen LogP contribution in [0.15, 0.2) is 22.7 Å². The second kappa shape index (κ2) is 4.42. The molecule has 1 unspecified atom stereocenters. The van der Waals surface area contributed by atoms with Crippen molar-refractivity contribution in [2.75, 3.05) is 13.1 Å². The molecule has 1 aliphatic heterocycles. The third-order valence-electron chi connectivity index (χ3n) is 3.52. The summed E-state index contributed by atoms with van der Waals surface area (Å²) in [5, 5.41) is 3.42. The molecular formula is C13H16BrN3. The first-order chi connectivity index (χ1) is 8.25. The maximum atomic E-state index is 4.65. The highest BCUT2D eigenvalue weighted by Crippen LogP contribution is 2.25. The maximum Gasteiger partial charge on any atom is 0.106 e. The molecule has 1 aliphatic rings. The van der Waals surface area contributed by atoms with Crippen LogP contribution in [0.1, 0.15) is 12.2 Å². The van der Waals surface area contributed by atoms with E-state index in [-0.39, 0.29) is 0 Å². The van der Waals surface area contributed by atoms with Crippen LogP contribution in [0.5, 0.6) is 0 Å². The number of halogens is 1. The number of benzene rings is 1. The first-order valence-corrected chi connectivity index (χ1v) is 6.87. The summed E-state index contributed by atoms with van der Waals surface area (Å²) < 4.78 is 3.43. The lowest BCUT2D eigenvalue weighted by atomic mass is 10.1. The van der Waals surface area contributed by atoms with E-state index in [9.17, 15) is 0 Å². The Hall–Kier alpha value is -0.870. The van der Waals surface area contributed by atoms with Gasteiger partial charge in [-0.05, 0) is 60.4 Å². The number of rotatable bonds is 2. The van der Waals surface area contributed by atoms with E-state index in [1.807, 2.05) is 0 Å². The first-order valence-electron chi connectivity index (χ1n) is 6.08. The highest BCUT2D eigenvalue weighted by atomic mass is 79.9. The van der Waals surface area contributed by atoms with Gasteiger partial charge in [0.05, 0.1) is 5.52 Å². The third kappa shape index (κ3) is 2.00. The smallest absolute Gasteiger partial charge is 0.106 e. The van der Waals surface area contributed by atoms with Gasteiger partial charge in [-0.3, -0.25) is 0 Å². The van der Waals surface area contributed by atoms with E-state index >= 15 is 0 Å². The predicted molar refractivity (Wildman–Crippen MR) is 73.1 cm³/mol. The number of nitrogens with one attached hydrogen (secondary N) is 1. The van der Waals surface area contributed by atoms with Crippen LogP contribution in [-0.2, 0) is 6.54 Å². The van der Waals surface area contributed by atoms with Crippen LogP contribution in [0.25, 0.3) is 11.0 Å². The Balaban J connectivity index is 2.02. The Labute approximate surface area is 109 Å². The van der Waals surface area contributed by atoms with Crippen LogP contribution in [0.3, 0.4) is 0 Å². The lowest BCUT2D eigenvalue weighted by Crippen LogP contribution is -2.15. The van der Waals surface area contributed by atoms with Crippen molar-refractivity contribution in [3.63, 3.8) is 0 Å². The summed E-state index contributed by atoms with van der Waals surface area (Å²) in [5.74, 6) is 1.85. The second-order valence-electron chi connectivity index (χ2n) is 4.74. The normalized spacial score (nSPS) is 20.2. The number of hydrogen-bond donors (Lipinski definition) is 1. The van der Waals surface area contributed by atoms with Gasteiger partial charge in [-0.25, -0.2) is 4.98 Å². The van der Waals surface area contributed by atoms with Crippen LogP contribution in [0, 0.1) is 12.8 Å². The molecule has 90 valence electrons. The molecule has 2 aromatic rings. The Bertz CT molecular complexity index is 541. The van der Waals surface area contributed by atoms with Crippen LogP contribution < -0.4 is 5.32 Å². The molecule has 17 heavy (non-hydrogen) atoms. The van der Waals surface area contributed by atoms with Gasteiger partial charge in [-0.1, -0.05) is 6.07 Å². The molecule has 1 atom stereocenters. The molecule has 0 spiro atoms. The van der Waals surface area contributed by atoms with Crippen molar-refractivity contribution in [1.82, 2.24) is 14.9 Å². The minimum Gasteiger partial charge on any atom is -0.328 e. The molecule has 0 aliphatic carbocycles. The van der Waals surface area contributed by atoms with Crippen molar-refractivity contribution in [2.24, 2.45) is 5.92 Å². The SMILES string of the molecule is Cc1nc2c(Br)cccc2n1CC1CCNC1. The summed E-state index contributed by atoms with van der Waals surface area (Å²) in [6, 6.07) is 6.29. The topological polar surface area (TPSA) is 29.9 Å². The van der Waals surface area contributed by atoms with Crippen molar-refractivity contribution in [3.05, 3.63) is 28.5 Å². The van der Waals surface area contributed by atoms with E-state index in [2.05, 4.69) is 55.9 Å². The average molecular weight is 294 g/mol. The number of imidazole rings is 1. The molecule has 1 aromatic heterocycles. The predicted octanol–water partition coefficient (Wildman–Crippen LogP) is 2.72. The molecule has 1 fully saturated rings. The average Bonchev–Trinajstić information content (AvgIpc) is 2.91. The Morgan fingerprint density at radius 3 is 3.18 bits per heavy atom. The Morgan fingerprint density at radius 2 is 2.41 bits per heavy atom. The molecule has 3 nitrogen and oxygen atoms in total. The fraction of sp³-hybridized carbons (Fsp3) is 0.462. The monoisotopic (exact) mass is 293 g/mol. The highest BCUT2D eigenvalue weighted by molar-refractivity contribution is 9.10. The zero-order valence-corrected chi connectivity index (χ0v) is 11.5. The molecule has 3 rings (SSSR count). The van der Waals surface area contributed by atoms with E-state index < -0.39 is 0 Å². The summed E-state index contributed by atoms with van der Waals surface area (Å²) in [7, 11) is 0. The Kier molecular flexibility index (Phi) is 2.92. The van der Waals surface area contributed by atoms with Gasteiger partial charge in [0.2, 0.25) is 0 Å². The number of hydrogen-bond acceptors (Lipinski definition) is 2. The van der Waals surface area contributed by atoms with Crippen LogP contribution in [0.4, 0.5) is 0 Å². The molecule has 1 aromatic carbocycles. The molecule has 0 amide bonds. The minimum atomic E-state index is 0.741. The van der Waals surface area contributed by atoms with Gasteiger partial charge in [-0.2, -0.15) is 0 Å². The summed E-state index contributed by atoms with van der Waals surface area (Å²) in [6.07, 6.45) is 1.27. The zero-order chi connectivity index (χ0) is 11.8. The van der Waals surface area contributed by atoms with Crippen molar-refractivity contribution < 1.29 is 0 Å². The number of fused-ring (bicyclic) bond motifs is 1. The molecule has 1 saturated heterocycles. The van der Waals surface area contributed by atoms with E-state index in [4.69, 9.17) is 0 Å². The van der Waals surface area contributed by atoms with E-state index in [0.29, 0.717) is 0 Å². The molecule has 0 radical (unpaired) electrons. The summed E-state index contributed by atoms with van der Waals surface area (Å²) in [5.41, 5.74) is 2.32. The lowest BCUT2D eigenvalue weighted by Gasteiger charge is -2.12. The summed E-state index contributed by atoms with van der Waals surface area (Å²) >= 11 is 3.57. The van der Waals surface area contributed by atoms with Crippen molar-refractivity contribution in [2.45, 2.75) is 19.9 Å². The van der Waals surface area contributed by atoms with Crippen LogP contribution >= 0.6 is 15.9 Å². The van der Waals surface area contributed by atoms with Crippen molar-refractivity contribution in [1.29, 1.82) is 0 Å². The fourth-order valence-electron chi connectivity index (χ4n) is 2.59. The molecule has 2 heterocycles. The standard InChI is InChI=1S/C13H16BrN3/c1-9-16-13-11(14)3-2-4-12(13)17(9)8-10-5-6-15-7-10/h2-4,10,15H,5-8H2,1H3. The van der Waals surface area contributed by atoms with Gasteiger partial charge < -0.3 is 9.88 Å². The third-order valence-corrected chi connectivity index (χ3v) is 4.16. The molecule has 1 N–H and O–H groups in total. The molecule has 4 heteroatoms. The largest absolute Gasteiger partial charge is 0.328 e. The van der Waals surface area contributed by atoms with Crippen LogP contribution in [0.2, 0.25) is 0 Å². The summed E-state index contributed by atoms with van der Waals surface area (Å²) in [4.78, 5) is 4.65. The number of nitrogens with zero attached hydrogens (tertiary/aromatic N) is 2. The van der Waals surface area contributed by atoms with Crippen molar-refractivity contribution in [3.8, 4) is 0 Å². The first kappa shape index (κ1) is 11.2. The number of para-hydroxylation sites is 1. The van der Waals surface area contributed by atoms with E-state index in [0.717, 1.165) is 41.4 Å². The molecular weight excluding hydrogens is 278 g/mol. The van der Waals surface area contributed by atoms with Gasteiger partial charge in [-0.15, -0.1) is 0 Å². The van der Waals surface area contributed by atoms with Gasteiger partial charge >= 0.3 is 0 Å². The van der Waals surface area contributed by atoms with E-state index in [1.54, 1.807) is 0 Å². The molecule has 0 bridgehead atoms. The van der Waals surface area contributed by atoms with Gasteiger partial charge in [0.15, 0.2) is 0 Å². The molecule has 0 saturated carbocycles. The minimum absolute atomic E-state index is 0.741.